The molecule has 3 N–H and O–H groups in total. The molecular weight excluding hydrogens is 242 g/mol. The van der Waals surface area contributed by atoms with Crippen molar-refractivity contribution in [2.45, 2.75) is 13.1 Å². The monoisotopic (exact) mass is 259 g/mol. The number of ether oxygens (including phenoxy) is 1. The molecule has 0 spiro atoms. The van der Waals surface area contributed by atoms with Crippen LogP contribution in [0.4, 0.5) is 0 Å². The highest BCUT2D eigenvalue weighted by Gasteiger charge is 2.04. The number of phenols is 2. The molecule has 0 aliphatic carbocycles. The van der Waals surface area contributed by atoms with Gasteiger partial charge in [0.25, 0.3) is 0 Å². The van der Waals surface area contributed by atoms with E-state index < -0.39 is 0 Å². The summed E-state index contributed by atoms with van der Waals surface area (Å²) in [7, 11) is 1.64. The van der Waals surface area contributed by atoms with E-state index in [4.69, 9.17) is 4.74 Å². The van der Waals surface area contributed by atoms with Gasteiger partial charge in [0, 0.05) is 30.3 Å². The predicted octanol–water partition coefficient (Wildman–Crippen LogP) is 2.40. The van der Waals surface area contributed by atoms with Crippen LogP contribution in [0.5, 0.6) is 17.2 Å². The van der Waals surface area contributed by atoms with Gasteiger partial charge in [0.1, 0.15) is 17.2 Å². The van der Waals surface area contributed by atoms with Gasteiger partial charge in [0.05, 0.1) is 7.11 Å². The van der Waals surface area contributed by atoms with Crippen LogP contribution in [0.3, 0.4) is 0 Å². The van der Waals surface area contributed by atoms with Crippen molar-refractivity contribution in [1.29, 1.82) is 0 Å². The third-order valence-corrected chi connectivity index (χ3v) is 2.89. The van der Waals surface area contributed by atoms with Crippen LogP contribution in [-0.2, 0) is 13.1 Å². The summed E-state index contributed by atoms with van der Waals surface area (Å²) in [5, 5.41) is 22.1. The van der Waals surface area contributed by atoms with E-state index >= 15 is 0 Å². The molecule has 0 fully saturated rings. The molecule has 2 aromatic rings. The minimum absolute atomic E-state index is 0.0611. The first-order valence-electron chi connectivity index (χ1n) is 6.04. The zero-order valence-electron chi connectivity index (χ0n) is 10.8. The van der Waals surface area contributed by atoms with Gasteiger partial charge in [-0.15, -0.1) is 0 Å². The fraction of sp³-hybridized carbons (Fsp3) is 0.200. The van der Waals surface area contributed by atoms with Gasteiger partial charge >= 0.3 is 0 Å². The Bertz CT molecular complexity index is 555. The van der Waals surface area contributed by atoms with E-state index in [1.165, 1.54) is 6.07 Å². The lowest BCUT2D eigenvalue weighted by molar-refractivity contribution is 0.407. The van der Waals surface area contributed by atoms with E-state index in [9.17, 15) is 10.2 Å². The van der Waals surface area contributed by atoms with Gasteiger partial charge in [-0.2, -0.15) is 0 Å². The first-order chi connectivity index (χ1) is 9.20. The molecule has 0 bridgehead atoms. The van der Waals surface area contributed by atoms with Crippen molar-refractivity contribution in [3.8, 4) is 17.2 Å². The predicted molar refractivity (Wildman–Crippen MR) is 73.3 cm³/mol. The summed E-state index contributed by atoms with van der Waals surface area (Å²) in [5.74, 6) is 0.989. The summed E-state index contributed by atoms with van der Waals surface area (Å²) in [5.41, 5.74) is 1.80. The molecule has 4 nitrogen and oxygen atoms in total. The molecule has 0 aliphatic rings. The molecular formula is C15H17NO3. The maximum atomic E-state index is 9.66. The van der Waals surface area contributed by atoms with Crippen LogP contribution in [0.15, 0.2) is 42.5 Å². The van der Waals surface area contributed by atoms with Gasteiger partial charge in [-0.1, -0.05) is 24.3 Å². The highest BCUT2D eigenvalue weighted by molar-refractivity contribution is 5.39. The largest absolute Gasteiger partial charge is 0.508 e. The third kappa shape index (κ3) is 3.39. The van der Waals surface area contributed by atoms with Crippen molar-refractivity contribution in [2.24, 2.45) is 0 Å². The Morgan fingerprint density at radius 3 is 2.47 bits per heavy atom. The topological polar surface area (TPSA) is 61.7 Å². The van der Waals surface area contributed by atoms with Crippen molar-refractivity contribution < 1.29 is 14.9 Å². The molecule has 2 rings (SSSR count). The maximum absolute atomic E-state index is 9.66. The molecule has 0 amide bonds. The van der Waals surface area contributed by atoms with Gasteiger partial charge in [0.2, 0.25) is 0 Å². The van der Waals surface area contributed by atoms with Crippen LogP contribution in [0.1, 0.15) is 11.1 Å². The van der Waals surface area contributed by atoms with Gasteiger partial charge in [-0.25, -0.2) is 0 Å². The zero-order chi connectivity index (χ0) is 13.7. The van der Waals surface area contributed by atoms with Crippen LogP contribution in [0.2, 0.25) is 0 Å². The molecule has 0 saturated heterocycles. The molecule has 0 radical (unpaired) electrons. The molecule has 0 aromatic heterocycles. The lowest BCUT2D eigenvalue weighted by Gasteiger charge is -2.10. The summed E-state index contributed by atoms with van der Waals surface area (Å²) in [6, 6.07) is 12.4. The quantitative estimate of drug-likeness (QED) is 0.771. The lowest BCUT2D eigenvalue weighted by atomic mass is 10.1. The summed E-state index contributed by atoms with van der Waals surface area (Å²) < 4.78 is 5.27. The third-order valence-electron chi connectivity index (χ3n) is 2.89. The van der Waals surface area contributed by atoms with E-state index in [1.807, 2.05) is 24.3 Å². The van der Waals surface area contributed by atoms with Crippen molar-refractivity contribution >= 4 is 0 Å². The number of benzene rings is 2. The first kappa shape index (κ1) is 13.2. The normalized spacial score (nSPS) is 10.4. The molecule has 0 heterocycles. The Balaban J connectivity index is 1.96. The highest BCUT2D eigenvalue weighted by atomic mass is 16.5. The number of para-hydroxylation sites is 1. The number of methoxy groups -OCH3 is 1. The average Bonchev–Trinajstić information content (AvgIpc) is 2.42. The zero-order valence-corrected chi connectivity index (χ0v) is 10.8. The molecule has 2 aromatic carbocycles. The molecule has 19 heavy (non-hydrogen) atoms. The average molecular weight is 259 g/mol. The maximum Gasteiger partial charge on any atom is 0.123 e. The van der Waals surface area contributed by atoms with Gasteiger partial charge < -0.3 is 20.3 Å². The summed E-state index contributed by atoms with van der Waals surface area (Å²) in [6.07, 6.45) is 0. The first-order valence-corrected chi connectivity index (χ1v) is 6.04. The summed E-state index contributed by atoms with van der Waals surface area (Å²) in [6.45, 7) is 1.16. The van der Waals surface area contributed by atoms with E-state index in [1.54, 1.807) is 19.2 Å². The molecule has 0 unspecified atom stereocenters. The number of phenolic OH excluding ortho intramolecular Hbond substituents is 2. The SMILES string of the molecule is COc1ccccc1CNCc1ccc(O)cc1O. The minimum atomic E-state index is 0.0611. The standard InChI is InChI=1S/C15H17NO3/c1-19-15-5-3-2-4-12(15)10-16-9-11-6-7-13(17)8-14(11)18/h2-8,16-18H,9-10H2,1H3. The fourth-order valence-corrected chi connectivity index (χ4v) is 1.88. The fourth-order valence-electron chi connectivity index (χ4n) is 1.88. The van der Waals surface area contributed by atoms with Crippen LogP contribution in [-0.4, -0.2) is 17.3 Å². The molecule has 4 heteroatoms. The van der Waals surface area contributed by atoms with Crippen molar-refractivity contribution in [3.63, 3.8) is 0 Å². The number of aromatic hydroxyl groups is 2. The Morgan fingerprint density at radius 2 is 1.74 bits per heavy atom. The van der Waals surface area contributed by atoms with Crippen LogP contribution in [0.25, 0.3) is 0 Å². The molecule has 0 saturated carbocycles. The van der Waals surface area contributed by atoms with Crippen LogP contribution < -0.4 is 10.1 Å². The van der Waals surface area contributed by atoms with Crippen LogP contribution in [0, 0.1) is 0 Å². The van der Waals surface area contributed by atoms with E-state index in [-0.39, 0.29) is 11.5 Å². The van der Waals surface area contributed by atoms with E-state index in [2.05, 4.69) is 5.32 Å². The van der Waals surface area contributed by atoms with Gasteiger partial charge in [-0.3, -0.25) is 0 Å². The number of rotatable bonds is 5. The lowest BCUT2D eigenvalue weighted by Crippen LogP contribution is -2.13. The molecule has 0 aliphatic heterocycles. The van der Waals surface area contributed by atoms with Crippen molar-refractivity contribution in [2.75, 3.05) is 7.11 Å². The number of hydrogen-bond acceptors (Lipinski definition) is 4. The molecule has 0 atom stereocenters. The van der Waals surface area contributed by atoms with Crippen LogP contribution >= 0.6 is 0 Å². The summed E-state index contributed by atoms with van der Waals surface area (Å²) in [4.78, 5) is 0. The van der Waals surface area contributed by atoms with E-state index in [0.717, 1.165) is 16.9 Å². The Hall–Kier alpha value is -2.20. The Morgan fingerprint density at radius 1 is 1.00 bits per heavy atom. The Kier molecular flexibility index (Phi) is 4.26. The smallest absolute Gasteiger partial charge is 0.123 e. The van der Waals surface area contributed by atoms with E-state index in [0.29, 0.717) is 13.1 Å². The molecule has 100 valence electrons. The second-order valence-corrected chi connectivity index (χ2v) is 4.23. The number of hydrogen-bond donors (Lipinski definition) is 3. The minimum Gasteiger partial charge on any atom is -0.508 e. The second kappa shape index (κ2) is 6.11. The van der Waals surface area contributed by atoms with Crippen molar-refractivity contribution in [3.05, 3.63) is 53.6 Å². The van der Waals surface area contributed by atoms with Gasteiger partial charge in [-0.05, 0) is 12.1 Å². The van der Waals surface area contributed by atoms with Gasteiger partial charge in [0.15, 0.2) is 0 Å². The Labute approximate surface area is 112 Å². The highest BCUT2D eigenvalue weighted by Crippen LogP contribution is 2.22. The summed E-state index contributed by atoms with van der Waals surface area (Å²) >= 11 is 0. The number of nitrogens with one attached hydrogen (secondary N) is 1. The van der Waals surface area contributed by atoms with Crippen molar-refractivity contribution in [1.82, 2.24) is 5.32 Å². The second-order valence-electron chi connectivity index (χ2n) is 4.23.